The van der Waals surface area contributed by atoms with Crippen molar-refractivity contribution in [3.8, 4) is 0 Å². The van der Waals surface area contributed by atoms with Crippen LogP contribution in [0.2, 0.25) is 0 Å². The molecule has 118 valence electrons. The molecule has 0 unspecified atom stereocenters. The van der Waals surface area contributed by atoms with Gasteiger partial charge >= 0.3 is 5.97 Å². The van der Waals surface area contributed by atoms with Crippen molar-refractivity contribution < 1.29 is 9.90 Å². The third-order valence-electron chi connectivity index (χ3n) is 4.82. The number of thiophene rings is 1. The summed E-state index contributed by atoms with van der Waals surface area (Å²) >= 11 is 1.79. The maximum absolute atomic E-state index is 11.4. The van der Waals surface area contributed by atoms with Gasteiger partial charge in [0.15, 0.2) is 0 Å². The number of carbonyl (C=O) groups is 1. The summed E-state index contributed by atoms with van der Waals surface area (Å²) in [7, 11) is 0. The third kappa shape index (κ3) is 2.62. The highest BCUT2D eigenvalue weighted by atomic mass is 32.1. The Labute approximate surface area is 139 Å². The Balaban J connectivity index is 1.97. The van der Waals surface area contributed by atoms with Crippen molar-refractivity contribution in [1.82, 2.24) is 5.32 Å². The minimum Gasteiger partial charge on any atom is -0.478 e. The van der Waals surface area contributed by atoms with E-state index in [0.717, 1.165) is 44.3 Å². The van der Waals surface area contributed by atoms with Crippen LogP contribution in [0, 0.1) is 0 Å². The zero-order valence-electron chi connectivity index (χ0n) is 12.9. The molecular weight excluding hydrogens is 306 g/mol. The summed E-state index contributed by atoms with van der Waals surface area (Å²) < 4.78 is 0. The van der Waals surface area contributed by atoms with E-state index in [9.17, 15) is 9.90 Å². The molecule has 1 aromatic carbocycles. The van der Waals surface area contributed by atoms with Gasteiger partial charge < -0.3 is 10.4 Å². The van der Waals surface area contributed by atoms with Crippen LogP contribution in [-0.2, 0) is 12.8 Å². The van der Waals surface area contributed by atoms with Gasteiger partial charge in [-0.15, -0.1) is 11.3 Å². The molecule has 1 fully saturated rings. The Morgan fingerprint density at radius 2 is 1.83 bits per heavy atom. The van der Waals surface area contributed by atoms with E-state index in [-0.39, 0.29) is 0 Å². The van der Waals surface area contributed by atoms with Crippen LogP contribution in [0.25, 0.3) is 5.57 Å². The molecule has 0 atom stereocenters. The van der Waals surface area contributed by atoms with Crippen LogP contribution < -0.4 is 5.32 Å². The van der Waals surface area contributed by atoms with Crippen LogP contribution >= 0.6 is 11.3 Å². The first-order chi connectivity index (χ1) is 11.2. The minimum absolute atomic E-state index is 0.385. The summed E-state index contributed by atoms with van der Waals surface area (Å²) in [5.74, 6) is -0.849. The number of piperidine rings is 1. The molecule has 1 aliphatic carbocycles. The number of carboxylic acid groups (broad SMARTS) is 1. The number of carboxylic acids is 1. The maximum atomic E-state index is 11.4. The molecule has 1 aromatic heterocycles. The molecule has 1 aliphatic heterocycles. The molecule has 0 saturated carbocycles. The van der Waals surface area contributed by atoms with Crippen molar-refractivity contribution in [3.63, 3.8) is 0 Å². The molecule has 23 heavy (non-hydrogen) atoms. The summed E-state index contributed by atoms with van der Waals surface area (Å²) in [6, 6.07) is 7.87. The number of hydrogen-bond donors (Lipinski definition) is 2. The van der Waals surface area contributed by atoms with Crippen molar-refractivity contribution in [3.05, 3.63) is 62.3 Å². The quantitative estimate of drug-likeness (QED) is 0.840. The molecule has 0 amide bonds. The van der Waals surface area contributed by atoms with Crippen molar-refractivity contribution >= 4 is 22.9 Å². The Morgan fingerprint density at radius 3 is 2.61 bits per heavy atom. The Bertz CT molecular complexity index is 795. The molecule has 0 bridgehead atoms. The summed E-state index contributed by atoms with van der Waals surface area (Å²) in [6.45, 7) is 2.01. The van der Waals surface area contributed by atoms with E-state index >= 15 is 0 Å². The van der Waals surface area contributed by atoms with Gasteiger partial charge in [-0.25, -0.2) is 4.79 Å². The van der Waals surface area contributed by atoms with Gasteiger partial charge in [0.1, 0.15) is 0 Å². The smallest absolute Gasteiger partial charge is 0.335 e. The molecule has 2 aliphatic rings. The zero-order valence-corrected chi connectivity index (χ0v) is 13.7. The van der Waals surface area contributed by atoms with E-state index in [1.807, 2.05) is 12.1 Å². The molecule has 2 heterocycles. The first-order valence-electron chi connectivity index (χ1n) is 8.10. The molecule has 0 spiro atoms. The number of nitrogens with one attached hydrogen (secondary N) is 1. The lowest BCUT2D eigenvalue weighted by molar-refractivity contribution is 0.0697. The average molecular weight is 325 g/mol. The highest BCUT2D eigenvalue weighted by Gasteiger charge is 2.24. The van der Waals surface area contributed by atoms with Crippen LogP contribution in [0.5, 0.6) is 0 Å². The number of hydrogen-bond acceptors (Lipinski definition) is 3. The summed E-state index contributed by atoms with van der Waals surface area (Å²) in [4.78, 5) is 12.8. The molecule has 4 rings (SSSR count). The monoisotopic (exact) mass is 325 g/mol. The van der Waals surface area contributed by atoms with Gasteiger partial charge in [-0.3, -0.25) is 0 Å². The molecule has 1 saturated heterocycles. The van der Waals surface area contributed by atoms with Crippen molar-refractivity contribution in [2.75, 3.05) is 13.1 Å². The normalized spacial score (nSPS) is 17.4. The van der Waals surface area contributed by atoms with Gasteiger partial charge in [0, 0.05) is 4.88 Å². The second-order valence-corrected chi connectivity index (χ2v) is 7.10. The number of rotatable bonds is 1. The Morgan fingerprint density at radius 1 is 1.04 bits per heavy atom. The standard InChI is InChI=1S/C19H19NO2S/c21-19(22)15-4-2-12-1-3-14-7-10-23-18(14)17(16(12)11-15)13-5-8-20-9-6-13/h2,4,7,10-11,20H,1,3,5-6,8-9H2,(H,21,22). The fraction of sp³-hybridized carbons (Fsp3) is 0.316. The van der Waals surface area contributed by atoms with Crippen molar-refractivity contribution in [2.24, 2.45) is 0 Å². The van der Waals surface area contributed by atoms with Crippen LogP contribution in [0.15, 0.2) is 35.2 Å². The largest absolute Gasteiger partial charge is 0.478 e. The molecule has 2 aromatic rings. The maximum Gasteiger partial charge on any atom is 0.335 e. The lowest BCUT2D eigenvalue weighted by Crippen LogP contribution is -2.24. The topological polar surface area (TPSA) is 49.3 Å². The predicted molar refractivity (Wildman–Crippen MR) is 93.3 cm³/mol. The fourth-order valence-corrected chi connectivity index (χ4v) is 4.70. The number of benzene rings is 1. The highest BCUT2D eigenvalue weighted by molar-refractivity contribution is 7.11. The van der Waals surface area contributed by atoms with Crippen molar-refractivity contribution in [2.45, 2.75) is 25.7 Å². The molecule has 3 nitrogen and oxygen atoms in total. The van der Waals surface area contributed by atoms with Gasteiger partial charge in [-0.1, -0.05) is 11.6 Å². The first kappa shape index (κ1) is 14.7. The van der Waals surface area contributed by atoms with Gasteiger partial charge in [0.2, 0.25) is 0 Å². The first-order valence-corrected chi connectivity index (χ1v) is 8.98. The average Bonchev–Trinajstić information content (AvgIpc) is 2.97. The van der Waals surface area contributed by atoms with Gasteiger partial charge in [-0.05, 0) is 84.6 Å². The second kappa shape index (κ2) is 5.95. The lowest BCUT2D eigenvalue weighted by atomic mass is 9.89. The number of aryl methyl sites for hydroxylation is 2. The summed E-state index contributed by atoms with van der Waals surface area (Å²) in [5, 5.41) is 15.0. The number of fused-ring (bicyclic) bond motifs is 2. The molecule has 0 radical (unpaired) electrons. The van der Waals surface area contributed by atoms with Gasteiger partial charge in [-0.2, -0.15) is 0 Å². The molecular formula is C19H19NO2S. The predicted octanol–water partition coefficient (Wildman–Crippen LogP) is 3.73. The van der Waals surface area contributed by atoms with Gasteiger partial charge in [0.25, 0.3) is 0 Å². The van der Waals surface area contributed by atoms with Crippen LogP contribution in [0.1, 0.15) is 44.8 Å². The Kier molecular flexibility index (Phi) is 3.79. The van der Waals surface area contributed by atoms with E-state index in [4.69, 9.17) is 0 Å². The lowest BCUT2D eigenvalue weighted by Gasteiger charge is -2.21. The highest BCUT2D eigenvalue weighted by Crippen LogP contribution is 2.40. The summed E-state index contributed by atoms with van der Waals surface area (Å²) in [5.41, 5.74) is 6.99. The number of aromatic carboxylic acids is 1. The van der Waals surface area contributed by atoms with E-state index in [2.05, 4.69) is 16.8 Å². The van der Waals surface area contributed by atoms with Crippen LogP contribution in [-0.4, -0.2) is 24.2 Å². The van der Waals surface area contributed by atoms with E-state index < -0.39 is 5.97 Å². The van der Waals surface area contributed by atoms with Crippen LogP contribution in [0.3, 0.4) is 0 Å². The van der Waals surface area contributed by atoms with E-state index in [1.165, 1.54) is 27.2 Å². The minimum atomic E-state index is -0.849. The third-order valence-corrected chi connectivity index (χ3v) is 5.80. The second-order valence-electron chi connectivity index (χ2n) is 6.18. The fourth-order valence-electron chi connectivity index (χ4n) is 3.63. The summed E-state index contributed by atoms with van der Waals surface area (Å²) in [6.07, 6.45) is 4.11. The SMILES string of the molecule is O=C(O)c1ccc2c(c1)C(=C1CCNCC1)c1sccc1CC2. The van der Waals surface area contributed by atoms with E-state index in [0.29, 0.717) is 5.56 Å². The van der Waals surface area contributed by atoms with E-state index in [1.54, 1.807) is 17.4 Å². The van der Waals surface area contributed by atoms with Crippen LogP contribution in [0.4, 0.5) is 0 Å². The molecule has 2 N–H and O–H groups in total. The Hall–Kier alpha value is -1.91. The van der Waals surface area contributed by atoms with Gasteiger partial charge in [0.05, 0.1) is 5.56 Å². The molecule has 4 heteroatoms. The van der Waals surface area contributed by atoms with Crippen molar-refractivity contribution in [1.29, 1.82) is 0 Å². The zero-order chi connectivity index (χ0) is 15.8.